The monoisotopic (exact) mass is 193 g/mol. The minimum absolute atomic E-state index is 0.145. The Morgan fingerprint density at radius 3 is 2.85 bits per heavy atom. The largest absolute Gasteiger partial charge is 0.508 e. The highest BCUT2D eigenvalue weighted by atomic mass is 32.2. The van der Waals surface area contributed by atoms with Crippen LogP contribution >= 0.6 is 11.8 Å². The van der Waals surface area contributed by atoms with Crippen molar-refractivity contribution in [2.24, 2.45) is 4.99 Å². The van der Waals surface area contributed by atoms with Crippen molar-refractivity contribution in [3.63, 3.8) is 0 Å². The van der Waals surface area contributed by atoms with Gasteiger partial charge in [-0.05, 0) is 13.0 Å². The van der Waals surface area contributed by atoms with E-state index in [-0.39, 0.29) is 6.04 Å². The molecule has 0 fully saturated rings. The molecule has 68 valence electrons. The Balaban J connectivity index is 2.31. The molecule has 0 aliphatic carbocycles. The molecule has 0 bridgehead atoms. The van der Waals surface area contributed by atoms with Crippen LogP contribution in [0.1, 0.15) is 18.5 Å². The average molecular weight is 193 g/mol. The van der Waals surface area contributed by atoms with Gasteiger partial charge in [-0.15, -0.1) is 11.8 Å². The molecule has 1 aliphatic heterocycles. The number of nitrogens with zero attached hydrogens (tertiary/aromatic N) is 1. The average Bonchev–Trinajstić information content (AvgIpc) is 2.53. The molecule has 0 radical (unpaired) electrons. The maximum absolute atomic E-state index is 9.58. The third kappa shape index (κ3) is 1.70. The quantitative estimate of drug-likeness (QED) is 0.743. The molecule has 1 heterocycles. The van der Waals surface area contributed by atoms with Gasteiger partial charge in [0.25, 0.3) is 0 Å². The Kier molecular flexibility index (Phi) is 2.27. The van der Waals surface area contributed by atoms with Gasteiger partial charge in [-0.1, -0.05) is 18.2 Å². The van der Waals surface area contributed by atoms with Crippen molar-refractivity contribution in [3.05, 3.63) is 29.8 Å². The zero-order valence-corrected chi connectivity index (χ0v) is 8.21. The molecule has 1 aliphatic rings. The Bertz CT molecular complexity index is 349. The number of thioether (sulfide) groups is 1. The molecule has 0 amide bonds. The number of rotatable bonds is 1. The maximum atomic E-state index is 9.58. The minimum Gasteiger partial charge on any atom is -0.508 e. The normalized spacial score (nSPS) is 21.6. The lowest BCUT2D eigenvalue weighted by molar-refractivity contribution is 0.464. The SMILES string of the molecule is CC1=NC(c2ccccc2O)CS1. The van der Waals surface area contributed by atoms with Crippen LogP contribution in [0.15, 0.2) is 29.3 Å². The Labute approximate surface area is 81.7 Å². The fourth-order valence-corrected chi connectivity index (χ4v) is 2.28. The molecule has 2 rings (SSSR count). The summed E-state index contributed by atoms with van der Waals surface area (Å²) >= 11 is 1.75. The van der Waals surface area contributed by atoms with Crippen molar-refractivity contribution in [3.8, 4) is 5.75 Å². The maximum Gasteiger partial charge on any atom is 0.120 e. The molecule has 0 spiro atoms. The highest BCUT2D eigenvalue weighted by Gasteiger charge is 2.19. The van der Waals surface area contributed by atoms with E-state index < -0.39 is 0 Å². The van der Waals surface area contributed by atoms with Crippen molar-refractivity contribution in [2.75, 3.05) is 5.75 Å². The van der Waals surface area contributed by atoms with Crippen molar-refractivity contribution >= 4 is 16.8 Å². The van der Waals surface area contributed by atoms with Gasteiger partial charge < -0.3 is 5.11 Å². The summed E-state index contributed by atoms with van der Waals surface area (Å²) in [6, 6.07) is 7.55. The van der Waals surface area contributed by atoms with Gasteiger partial charge in [0.05, 0.1) is 11.1 Å². The van der Waals surface area contributed by atoms with Crippen LogP contribution in [0.4, 0.5) is 0 Å². The molecule has 1 atom stereocenters. The Hall–Kier alpha value is -0.960. The molecule has 1 aromatic rings. The van der Waals surface area contributed by atoms with Crippen LogP contribution < -0.4 is 0 Å². The summed E-state index contributed by atoms with van der Waals surface area (Å²) in [4.78, 5) is 4.44. The number of aliphatic imine (C=N–C) groups is 1. The smallest absolute Gasteiger partial charge is 0.120 e. The van der Waals surface area contributed by atoms with Crippen molar-refractivity contribution in [1.82, 2.24) is 0 Å². The van der Waals surface area contributed by atoms with Crippen LogP contribution in [0.3, 0.4) is 0 Å². The molecule has 0 saturated carbocycles. The summed E-state index contributed by atoms with van der Waals surface area (Å²) in [5.74, 6) is 1.30. The summed E-state index contributed by atoms with van der Waals surface area (Å²) in [5.41, 5.74) is 0.937. The van der Waals surface area contributed by atoms with Gasteiger partial charge in [-0.25, -0.2) is 0 Å². The van der Waals surface area contributed by atoms with Gasteiger partial charge in [-0.2, -0.15) is 0 Å². The topological polar surface area (TPSA) is 32.6 Å². The number of hydrogen-bond donors (Lipinski definition) is 1. The van der Waals surface area contributed by atoms with Gasteiger partial charge in [-0.3, -0.25) is 4.99 Å². The molecule has 13 heavy (non-hydrogen) atoms. The van der Waals surface area contributed by atoms with E-state index in [9.17, 15) is 5.11 Å². The second kappa shape index (κ2) is 3.42. The van der Waals surface area contributed by atoms with E-state index in [1.165, 1.54) is 0 Å². The van der Waals surface area contributed by atoms with Crippen molar-refractivity contribution in [2.45, 2.75) is 13.0 Å². The van der Waals surface area contributed by atoms with Crippen molar-refractivity contribution < 1.29 is 5.11 Å². The van der Waals surface area contributed by atoms with Crippen LogP contribution in [-0.4, -0.2) is 15.9 Å². The van der Waals surface area contributed by atoms with Crippen LogP contribution in [0.2, 0.25) is 0 Å². The van der Waals surface area contributed by atoms with Crippen LogP contribution in [-0.2, 0) is 0 Å². The molecule has 1 aromatic carbocycles. The first-order valence-corrected chi connectivity index (χ1v) is 5.21. The molecular weight excluding hydrogens is 182 g/mol. The van der Waals surface area contributed by atoms with E-state index in [0.717, 1.165) is 16.4 Å². The lowest BCUT2D eigenvalue weighted by Gasteiger charge is -2.07. The van der Waals surface area contributed by atoms with E-state index in [0.29, 0.717) is 5.75 Å². The number of phenols is 1. The fraction of sp³-hybridized carbons (Fsp3) is 0.300. The second-order valence-corrected chi connectivity index (χ2v) is 4.25. The Morgan fingerprint density at radius 2 is 2.23 bits per heavy atom. The number of hydrogen-bond acceptors (Lipinski definition) is 3. The number of aromatic hydroxyl groups is 1. The lowest BCUT2D eigenvalue weighted by Crippen LogP contribution is -1.94. The van der Waals surface area contributed by atoms with E-state index in [2.05, 4.69) is 4.99 Å². The van der Waals surface area contributed by atoms with E-state index in [1.54, 1.807) is 17.8 Å². The first-order valence-electron chi connectivity index (χ1n) is 4.22. The van der Waals surface area contributed by atoms with Crippen LogP contribution in [0.25, 0.3) is 0 Å². The zero-order valence-electron chi connectivity index (χ0n) is 7.40. The molecule has 3 heteroatoms. The fourth-order valence-electron chi connectivity index (χ4n) is 1.42. The molecule has 0 saturated heterocycles. The van der Waals surface area contributed by atoms with Gasteiger partial charge in [0.2, 0.25) is 0 Å². The highest BCUT2D eigenvalue weighted by Crippen LogP contribution is 2.34. The summed E-state index contributed by atoms with van der Waals surface area (Å²) in [5, 5.41) is 10.7. The number of phenolic OH excluding ortho intramolecular Hbond substituents is 1. The summed E-state index contributed by atoms with van der Waals surface area (Å²) in [7, 11) is 0. The minimum atomic E-state index is 0.145. The second-order valence-electron chi connectivity index (χ2n) is 3.03. The number of benzene rings is 1. The summed E-state index contributed by atoms with van der Waals surface area (Å²) in [6.45, 7) is 2.00. The van der Waals surface area contributed by atoms with Crippen LogP contribution in [0.5, 0.6) is 5.75 Å². The van der Waals surface area contributed by atoms with Gasteiger partial charge in [0, 0.05) is 11.3 Å². The third-order valence-corrected chi connectivity index (χ3v) is 3.09. The van der Waals surface area contributed by atoms with Gasteiger partial charge >= 0.3 is 0 Å². The number of para-hydroxylation sites is 1. The first kappa shape index (κ1) is 8.63. The predicted octanol–water partition coefficient (Wildman–Crippen LogP) is 2.60. The third-order valence-electron chi connectivity index (χ3n) is 2.08. The standard InChI is InChI=1S/C10H11NOS/c1-7-11-9(6-13-7)8-4-2-3-5-10(8)12/h2-5,9,12H,6H2,1H3. The lowest BCUT2D eigenvalue weighted by atomic mass is 10.1. The Morgan fingerprint density at radius 1 is 1.46 bits per heavy atom. The molecular formula is C10H11NOS. The van der Waals surface area contributed by atoms with Crippen molar-refractivity contribution in [1.29, 1.82) is 0 Å². The highest BCUT2D eigenvalue weighted by molar-refractivity contribution is 8.14. The van der Waals surface area contributed by atoms with Crippen LogP contribution in [0, 0.1) is 0 Å². The molecule has 2 nitrogen and oxygen atoms in total. The predicted molar refractivity (Wildman–Crippen MR) is 56.4 cm³/mol. The molecule has 1 unspecified atom stereocenters. The summed E-state index contributed by atoms with van der Waals surface area (Å²) in [6.07, 6.45) is 0. The van der Waals surface area contributed by atoms with Gasteiger partial charge in [0.15, 0.2) is 0 Å². The zero-order chi connectivity index (χ0) is 9.26. The molecule has 1 N–H and O–H groups in total. The van der Waals surface area contributed by atoms with E-state index >= 15 is 0 Å². The van der Waals surface area contributed by atoms with E-state index in [1.807, 2.05) is 25.1 Å². The van der Waals surface area contributed by atoms with E-state index in [4.69, 9.17) is 0 Å². The van der Waals surface area contributed by atoms with Gasteiger partial charge in [0.1, 0.15) is 5.75 Å². The molecule has 0 aromatic heterocycles. The summed E-state index contributed by atoms with van der Waals surface area (Å²) < 4.78 is 0. The first-order chi connectivity index (χ1) is 6.27.